The second-order valence-electron chi connectivity index (χ2n) is 9.77. The zero-order valence-corrected chi connectivity index (χ0v) is 21.4. The van der Waals surface area contributed by atoms with E-state index in [1.807, 2.05) is 79.0 Å². The van der Waals surface area contributed by atoms with Crippen LogP contribution in [0.3, 0.4) is 0 Å². The predicted molar refractivity (Wildman–Crippen MR) is 162 cm³/mol. The molecule has 0 fully saturated rings. The van der Waals surface area contributed by atoms with Crippen LogP contribution in [0.25, 0.3) is 77.6 Å². The molecule has 0 atom stereocenters. The minimum Gasteiger partial charge on any atom is -0.254 e. The summed E-state index contributed by atoms with van der Waals surface area (Å²) in [6.45, 7) is 0. The first-order valence-corrected chi connectivity index (χ1v) is 13.2. The second kappa shape index (κ2) is 9.03. The van der Waals surface area contributed by atoms with E-state index in [9.17, 15) is 0 Å². The predicted octanol–water partition coefficient (Wildman–Crippen LogP) is 8.28. The van der Waals surface area contributed by atoms with Gasteiger partial charge in [-0.2, -0.15) is 0 Å². The Balaban J connectivity index is 1.44. The Morgan fingerprint density at radius 1 is 0.425 bits per heavy atom. The lowest BCUT2D eigenvalue weighted by molar-refractivity contribution is 1.17. The Hall–Kier alpha value is -5.55. The van der Waals surface area contributed by atoms with Crippen molar-refractivity contribution in [3.63, 3.8) is 0 Å². The molecular formula is C35H21N5. The van der Waals surface area contributed by atoms with E-state index in [0.29, 0.717) is 5.82 Å². The van der Waals surface area contributed by atoms with E-state index in [2.05, 4.69) is 53.5 Å². The summed E-state index contributed by atoms with van der Waals surface area (Å²) in [7, 11) is 0. The van der Waals surface area contributed by atoms with Gasteiger partial charge in [0.15, 0.2) is 5.82 Å². The van der Waals surface area contributed by atoms with Crippen molar-refractivity contribution in [2.45, 2.75) is 0 Å². The summed E-state index contributed by atoms with van der Waals surface area (Å²) in [6.07, 6.45) is 1.82. The van der Waals surface area contributed by atoms with Gasteiger partial charge in [0, 0.05) is 38.9 Å². The van der Waals surface area contributed by atoms with Crippen LogP contribution in [-0.2, 0) is 0 Å². The average molecular weight is 512 g/mol. The van der Waals surface area contributed by atoms with E-state index < -0.39 is 0 Å². The Labute approximate surface area is 229 Å². The highest BCUT2D eigenvalue weighted by molar-refractivity contribution is 6.13. The molecule has 4 aromatic heterocycles. The van der Waals surface area contributed by atoms with Crippen LogP contribution in [0.4, 0.5) is 0 Å². The topological polar surface area (TPSA) is 64.5 Å². The molecule has 0 aliphatic carbocycles. The number of hydrogen-bond donors (Lipinski definition) is 0. The molecule has 0 aliphatic heterocycles. The lowest BCUT2D eigenvalue weighted by atomic mass is 10.0. The number of rotatable bonds is 3. The van der Waals surface area contributed by atoms with E-state index in [0.717, 1.165) is 71.8 Å². The Morgan fingerprint density at radius 3 is 1.95 bits per heavy atom. The van der Waals surface area contributed by atoms with Crippen molar-refractivity contribution in [1.82, 2.24) is 24.9 Å². The van der Waals surface area contributed by atoms with Gasteiger partial charge in [-0.1, -0.05) is 103 Å². The summed E-state index contributed by atoms with van der Waals surface area (Å²) in [6, 6.07) is 40.9. The molecule has 0 bridgehead atoms. The van der Waals surface area contributed by atoms with Gasteiger partial charge in [0.05, 0.1) is 39.1 Å². The molecule has 0 radical (unpaired) electrons. The molecule has 186 valence electrons. The van der Waals surface area contributed by atoms with Crippen LogP contribution in [-0.4, -0.2) is 24.9 Å². The minimum absolute atomic E-state index is 0.664. The van der Waals surface area contributed by atoms with Gasteiger partial charge in [0.1, 0.15) is 0 Å². The number of aromatic nitrogens is 5. The van der Waals surface area contributed by atoms with E-state index in [1.54, 1.807) is 0 Å². The Kier molecular flexibility index (Phi) is 5.07. The van der Waals surface area contributed by atoms with Gasteiger partial charge >= 0.3 is 0 Å². The van der Waals surface area contributed by atoms with Crippen molar-refractivity contribution in [2.75, 3.05) is 0 Å². The third-order valence-electron chi connectivity index (χ3n) is 7.28. The van der Waals surface area contributed by atoms with Crippen molar-refractivity contribution < 1.29 is 0 Å². The van der Waals surface area contributed by atoms with Crippen molar-refractivity contribution in [3.05, 3.63) is 128 Å². The molecule has 0 amide bonds. The smallest absolute Gasteiger partial charge is 0.160 e. The first-order chi connectivity index (χ1) is 19.8. The van der Waals surface area contributed by atoms with E-state index in [4.69, 9.17) is 19.9 Å². The van der Waals surface area contributed by atoms with Crippen LogP contribution in [0, 0.1) is 0 Å². The second-order valence-corrected chi connectivity index (χ2v) is 9.77. The maximum atomic E-state index is 5.20. The SMILES string of the molecule is c1ccc(-c2cc(-c3nc4cc5ccc6cccnc6c5nc4c4ccccc34)nc(-c3ccccc3)n2)cc1. The standard InChI is InChI=1S/C35H21N5/c1-3-10-22(11-4-1)28-21-30(39-35(38-28)24-12-5-2-6-13-24)33-26-15-7-8-16-27(26)34-29(37-33)20-25-18-17-23-14-9-19-36-31(23)32(25)40-34/h1-21H. The van der Waals surface area contributed by atoms with Gasteiger partial charge in [-0.25, -0.2) is 19.9 Å². The van der Waals surface area contributed by atoms with Gasteiger partial charge in [-0.15, -0.1) is 0 Å². The summed E-state index contributed by atoms with van der Waals surface area (Å²) in [5.41, 5.74) is 7.86. The molecule has 0 spiro atoms. The monoisotopic (exact) mass is 511 g/mol. The lowest BCUT2D eigenvalue weighted by Crippen LogP contribution is -1.99. The van der Waals surface area contributed by atoms with Crippen LogP contribution >= 0.6 is 0 Å². The first-order valence-electron chi connectivity index (χ1n) is 13.2. The third kappa shape index (κ3) is 3.68. The van der Waals surface area contributed by atoms with E-state index in [-0.39, 0.29) is 0 Å². The summed E-state index contributed by atoms with van der Waals surface area (Å²) in [5, 5.41) is 4.09. The highest BCUT2D eigenvalue weighted by atomic mass is 14.9. The maximum absolute atomic E-state index is 5.20. The highest BCUT2D eigenvalue weighted by Gasteiger charge is 2.17. The first kappa shape index (κ1) is 22.4. The van der Waals surface area contributed by atoms with Gasteiger partial charge in [0.2, 0.25) is 0 Å². The number of nitrogens with zero attached hydrogens (tertiary/aromatic N) is 5. The molecule has 0 N–H and O–H groups in total. The Morgan fingerprint density at radius 2 is 1.12 bits per heavy atom. The van der Waals surface area contributed by atoms with Crippen LogP contribution in [0.5, 0.6) is 0 Å². The average Bonchev–Trinajstić information content (AvgIpc) is 3.04. The minimum atomic E-state index is 0.664. The number of pyridine rings is 3. The van der Waals surface area contributed by atoms with Crippen LogP contribution < -0.4 is 0 Å². The van der Waals surface area contributed by atoms with Crippen LogP contribution in [0.1, 0.15) is 0 Å². The van der Waals surface area contributed by atoms with Crippen molar-refractivity contribution in [3.8, 4) is 34.0 Å². The fraction of sp³-hybridized carbons (Fsp3) is 0. The molecule has 4 heterocycles. The summed E-state index contributed by atoms with van der Waals surface area (Å²) < 4.78 is 0. The molecule has 5 nitrogen and oxygen atoms in total. The molecule has 8 aromatic rings. The normalized spacial score (nSPS) is 11.5. The lowest BCUT2D eigenvalue weighted by Gasteiger charge is -2.13. The van der Waals surface area contributed by atoms with Crippen LogP contribution in [0.15, 0.2) is 128 Å². The summed E-state index contributed by atoms with van der Waals surface area (Å²) in [5.74, 6) is 0.664. The van der Waals surface area contributed by atoms with Gasteiger partial charge in [-0.3, -0.25) is 4.98 Å². The molecule has 5 heteroatoms. The molecule has 4 aromatic carbocycles. The fourth-order valence-electron chi connectivity index (χ4n) is 5.36. The molecule has 40 heavy (non-hydrogen) atoms. The Bertz CT molecular complexity index is 2150. The zero-order chi connectivity index (χ0) is 26.5. The summed E-state index contributed by atoms with van der Waals surface area (Å²) >= 11 is 0. The van der Waals surface area contributed by atoms with Crippen LogP contribution in [0.2, 0.25) is 0 Å². The largest absolute Gasteiger partial charge is 0.254 e. The summed E-state index contributed by atoms with van der Waals surface area (Å²) in [4.78, 5) is 25.0. The number of hydrogen-bond acceptors (Lipinski definition) is 5. The van der Waals surface area contributed by atoms with Gasteiger partial charge in [-0.05, 0) is 18.2 Å². The zero-order valence-electron chi connectivity index (χ0n) is 21.4. The van der Waals surface area contributed by atoms with Crippen molar-refractivity contribution >= 4 is 43.6 Å². The quantitative estimate of drug-likeness (QED) is 0.176. The van der Waals surface area contributed by atoms with Gasteiger partial charge < -0.3 is 0 Å². The van der Waals surface area contributed by atoms with Crippen molar-refractivity contribution in [1.29, 1.82) is 0 Å². The van der Waals surface area contributed by atoms with Gasteiger partial charge in [0.25, 0.3) is 0 Å². The fourth-order valence-corrected chi connectivity index (χ4v) is 5.36. The van der Waals surface area contributed by atoms with E-state index in [1.165, 1.54) is 0 Å². The molecule has 8 rings (SSSR count). The van der Waals surface area contributed by atoms with E-state index >= 15 is 0 Å². The molecule has 0 aliphatic rings. The number of benzene rings is 4. The molecular weight excluding hydrogens is 490 g/mol. The maximum Gasteiger partial charge on any atom is 0.160 e. The third-order valence-corrected chi connectivity index (χ3v) is 7.28. The highest BCUT2D eigenvalue weighted by Crippen LogP contribution is 2.35. The molecule has 0 saturated heterocycles. The molecule has 0 unspecified atom stereocenters. The van der Waals surface area contributed by atoms with Crippen molar-refractivity contribution in [2.24, 2.45) is 0 Å². The molecule has 0 saturated carbocycles. The number of fused-ring (bicyclic) bond motifs is 6.